The molecule has 2 atom stereocenters. The molecule has 0 aromatic heterocycles. The van der Waals surface area contributed by atoms with Crippen molar-refractivity contribution in [3.63, 3.8) is 0 Å². The zero-order chi connectivity index (χ0) is 58.5. The second kappa shape index (κ2) is 70.8. The van der Waals surface area contributed by atoms with E-state index in [1.807, 2.05) is 0 Å². The Morgan fingerprint density at radius 1 is 0.346 bits per heavy atom. The van der Waals surface area contributed by atoms with Crippen molar-refractivity contribution in [1.29, 1.82) is 0 Å². The van der Waals surface area contributed by atoms with Crippen molar-refractivity contribution >= 4 is 11.9 Å². The first-order chi connectivity index (χ1) is 40.0. The van der Waals surface area contributed by atoms with E-state index in [1.165, 1.54) is 334 Å². The van der Waals surface area contributed by atoms with E-state index in [2.05, 4.69) is 43.5 Å². The quantitative estimate of drug-likeness (QED) is 0.0320. The van der Waals surface area contributed by atoms with Crippen molar-refractivity contribution in [1.82, 2.24) is 5.32 Å². The lowest BCUT2D eigenvalue weighted by Gasteiger charge is -2.22. The van der Waals surface area contributed by atoms with E-state index in [0.717, 1.165) is 51.4 Å². The molecule has 0 spiro atoms. The Bertz CT molecular complexity index is 1270. The molecule has 3 N–H and O–H groups in total. The van der Waals surface area contributed by atoms with Gasteiger partial charge >= 0.3 is 5.97 Å². The lowest BCUT2D eigenvalue weighted by atomic mass is 10.0. The van der Waals surface area contributed by atoms with Gasteiger partial charge in [-0.3, -0.25) is 9.59 Å². The first-order valence-electron chi connectivity index (χ1n) is 37.1. The van der Waals surface area contributed by atoms with Gasteiger partial charge in [-0.2, -0.15) is 0 Å². The van der Waals surface area contributed by atoms with Gasteiger partial charge in [-0.05, 0) is 57.8 Å². The summed E-state index contributed by atoms with van der Waals surface area (Å²) >= 11 is 0. The summed E-state index contributed by atoms with van der Waals surface area (Å²) in [6.07, 6.45) is 89.6. The number of esters is 1. The van der Waals surface area contributed by atoms with Gasteiger partial charge in [0.25, 0.3) is 0 Å². The van der Waals surface area contributed by atoms with Gasteiger partial charge in [0.15, 0.2) is 0 Å². The molecular formula is C75H145NO5. The molecule has 1 amide bonds. The maximum Gasteiger partial charge on any atom is 0.305 e. The van der Waals surface area contributed by atoms with Crippen LogP contribution in [0.1, 0.15) is 418 Å². The molecule has 0 heterocycles. The zero-order valence-electron chi connectivity index (χ0n) is 55.0. The summed E-state index contributed by atoms with van der Waals surface area (Å²) in [5, 5.41) is 23.3. The van der Waals surface area contributed by atoms with Crippen LogP contribution in [-0.2, 0) is 14.3 Å². The molecule has 0 aromatic rings. The summed E-state index contributed by atoms with van der Waals surface area (Å²) in [4.78, 5) is 24.6. The number of ether oxygens (including phenoxy) is 1. The highest BCUT2D eigenvalue weighted by Crippen LogP contribution is 2.20. The maximum atomic E-state index is 12.5. The average molecular weight is 1140 g/mol. The molecular weight excluding hydrogens is 995 g/mol. The van der Waals surface area contributed by atoms with Crippen LogP contribution in [-0.4, -0.2) is 47.4 Å². The van der Waals surface area contributed by atoms with Crippen LogP contribution in [0.4, 0.5) is 0 Å². The molecule has 0 saturated carbocycles. The molecule has 0 aliphatic rings. The predicted octanol–water partition coefficient (Wildman–Crippen LogP) is 24.1. The summed E-state index contributed by atoms with van der Waals surface area (Å²) in [6.45, 7) is 4.97. The highest BCUT2D eigenvalue weighted by molar-refractivity contribution is 5.76. The highest BCUT2D eigenvalue weighted by Gasteiger charge is 2.20. The molecule has 480 valence electrons. The van der Waals surface area contributed by atoms with Crippen LogP contribution in [0, 0.1) is 0 Å². The molecule has 0 aliphatic carbocycles. The molecule has 0 fully saturated rings. The molecule has 6 heteroatoms. The Labute approximate surface area is 507 Å². The summed E-state index contributed by atoms with van der Waals surface area (Å²) in [5.74, 6) is -0.0130. The third-order valence-electron chi connectivity index (χ3n) is 17.5. The molecule has 0 aliphatic heterocycles. The van der Waals surface area contributed by atoms with Crippen molar-refractivity contribution in [3.05, 3.63) is 24.3 Å². The first kappa shape index (κ1) is 79.3. The molecule has 0 bridgehead atoms. The average Bonchev–Trinajstić information content (AvgIpc) is 3.47. The van der Waals surface area contributed by atoms with Crippen LogP contribution in [0.2, 0.25) is 0 Å². The van der Waals surface area contributed by atoms with E-state index >= 15 is 0 Å². The summed E-state index contributed by atoms with van der Waals surface area (Å²) < 4.78 is 5.51. The second-order valence-corrected chi connectivity index (χ2v) is 25.6. The monoisotopic (exact) mass is 1140 g/mol. The largest absolute Gasteiger partial charge is 0.466 e. The first-order valence-corrected chi connectivity index (χ1v) is 37.1. The number of carbonyl (C=O) groups is 2. The van der Waals surface area contributed by atoms with Gasteiger partial charge in [-0.1, -0.05) is 372 Å². The molecule has 2 unspecified atom stereocenters. The molecule has 0 rings (SSSR count). The van der Waals surface area contributed by atoms with Crippen molar-refractivity contribution in [2.24, 2.45) is 0 Å². The minimum absolute atomic E-state index is 0.0146. The van der Waals surface area contributed by atoms with Gasteiger partial charge in [-0.15, -0.1) is 0 Å². The number of carbonyl (C=O) groups excluding carboxylic acids is 2. The van der Waals surface area contributed by atoms with E-state index < -0.39 is 12.1 Å². The standard InChI is InChI=1S/C75H145NO5/c1-3-5-7-9-11-13-15-17-19-20-38-41-45-49-53-57-61-65-69-75(80)81-70-66-62-58-54-50-46-42-39-36-34-32-30-28-26-24-22-21-23-25-27-29-31-33-35-37-40-44-48-52-56-60-64-68-74(79)76-72(71-77)73(78)67-63-59-55-51-47-43-18-16-14-12-10-8-6-4-2/h13,15,19-20,72-73,77-78H,3-12,14,16-18,21-71H2,1-2H3,(H,76,79)/b15-13-,20-19-. The lowest BCUT2D eigenvalue weighted by molar-refractivity contribution is -0.143. The normalized spacial score (nSPS) is 12.6. The van der Waals surface area contributed by atoms with Gasteiger partial charge in [-0.25, -0.2) is 0 Å². The van der Waals surface area contributed by atoms with Crippen molar-refractivity contribution < 1.29 is 24.5 Å². The lowest BCUT2D eigenvalue weighted by Crippen LogP contribution is -2.45. The second-order valence-electron chi connectivity index (χ2n) is 25.6. The zero-order valence-corrected chi connectivity index (χ0v) is 55.0. The molecule has 0 aromatic carbocycles. The Morgan fingerprint density at radius 2 is 0.617 bits per heavy atom. The van der Waals surface area contributed by atoms with Gasteiger partial charge in [0.2, 0.25) is 5.91 Å². The summed E-state index contributed by atoms with van der Waals surface area (Å²) in [7, 11) is 0. The van der Waals surface area contributed by atoms with E-state index in [-0.39, 0.29) is 18.5 Å². The number of hydrogen-bond acceptors (Lipinski definition) is 5. The maximum absolute atomic E-state index is 12.5. The number of nitrogens with one attached hydrogen (secondary N) is 1. The number of amides is 1. The fraction of sp³-hybridized carbons (Fsp3) is 0.920. The van der Waals surface area contributed by atoms with E-state index in [4.69, 9.17) is 4.74 Å². The van der Waals surface area contributed by atoms with Crippen LogP contribution in [0.3, 0.4) is 0 Å². The Balaban J connectivity index is 3.30. The van der Waals surface area contributed by atoms with Crippen LogP contribution >= 0.6 is 0 Å². The van der Waals surface area contributed by atoms with Crippen molar-refractivity contribution in [3.8, 4) is 0 Å². The Hall–Kier alpha value is -1.66. The fourth-order valence-electron chi connectivity index (χ4n) is 11.9. The van der Waals surface area contributed by atoms with Crippen LogP contribution in [0.5, 0.6) is 0 Å². The number of aliphatic hydroxyl groups excluding tert-OH is 2. The minimum Gasteiger partial charge on any atom is -0.466 e. The number of aliphatic hydroxyl groups is 2. The van der Waals surface area contributed by atoms with Gasteiger partial charge in [0.1, 0.15) is 0 Å². The third-order valence-corrected chi connectivity index (χ3v) is 17.5. The minimum atomic E-state index is -0.660. The Morgan fingerprint density at radius 3 is 0.951 bits per heavy atom. The number of allylic oxidation sites excluding steroid dienone is 4. The number of rotatable bonds is 70. The van der Waals surface area contributed by atoms with E-state index in [9.17, 15) is 19.8 Å². The molecule has 6 nitrogen and oxygen atoms in total. The summed E-state index contributed by atoms with van der Waals surface area (Å²) in [6, 6.07) is -0.537. The fourth-order valence-corrected chi connectivity index (χ4v) is 11.9. The van der Waals surface area contributed by atoms with Crippen LogP contribution < -0.4 is 5.32 Å². The summed E-state index contributed by atoms with van der Waals surface area (Å²) in [5.41, 5.74) is 0. The van der Waals surface area contributed by atoms with Crippen LogP contribution in [0.25, 0.3) is 0 Å². The SMILES string of the molecule is CCCCCC/C=C\C/C=C\CCCCCCCCCC(=O)OCCCCCCCCCCCCCCCCCCCCCCCCCCCCCCCCCCC(=O)NC(CO)C(O)CCCCCCCCCCCCCCCC. The molecule has 81 heavy (non-hydrogen) atoms. The van der Waals surface area contributed by atoms with Crippen LogP contribution in [0.15, 0.2) is 24.3 Å². The highest BCUT2D eigenvalue weighted by atomic mass is 16.5. The molecule has 0 radical (unpaired) electrons. The van der Waals surface area contributed by atoms with E-state index in [1.54, 1.807) is 0 Å². The topological polar surface area (TPSA) is 95.9 Å². The van der Waals surface area contributed by atoms with E-state index in [0.29, 0.717) is 25.9 Å². The van der Waals surface area contributed by atoms with Gasteiger partial charge in [0.05, 0.1) is 25.4 Å². The third kappa shape index (κ3) is 67.3. The number of hydrogen-bond donors (Lipinski definition) is 3. The molecule has 0 saturated heterocycles. The van der Waals surface area contributed by atoms with Crippen molar-refractivity contribution in [2.45, 2.75) is 431 Å². The smallest absolute Gasteiger partial charge is 0.305 e. The number of unbranched alkanes of at least 4 members (excludes halogenated alkanes) is 55. The van der Waals surface area contributed by atoms with Crippen molar-refractivity contribution in [2.75, 3.05) is 13.2 Å². The Kier molecular flexibility index (Phi) is 69.4. The van der Waals surface area contributed by atoms with Gasteiger partial charge in [0, 0.05) is 12.8 Å². The predicted molar refractivity (Wildman–Crippen MR) is 356 cm³/mol. The van der Waals surface area contributed by atoms with Gasteiger partial charge < -0.3 is 20.3 Å².